The van der Waals surface area contributed by atoms with Gasteiger partial charge in [0.25, 0.3) is 0 Å². The number of anilines is 1. The quantitative estimate of drug-likeness (QED) is 0.663. The maximum absolute atomic E-state index is 12.8. The molecule has 1 aliphatic heterocycles. The first kappa shape index (κ1) is 19.2. The molecule has 1 N–H and O–H groups in total. The van der Waals surface area contributed by atoms with E-state index < -0.39 is 0 Å². The van der Waals surface area contributed by atoms with Crippen LogP contribution in [0.1, 0.15) is 31.2 Å². The average molecular weight is 394 g/mol. The van der Waals surface area contributed by atoms with Crippen LogP contribution < -0.4 is 15.0 Å². The fraction of sp³-hybridized carbons (Fsp3) is 0.409. The fourth-order valence-electron chi connectivity index (χ4n) is 3.79. The zero-order valence-electron chi connectivity index (χ0n) is 16.9. The SMILES string of the molecule is CCOc1ccc2nc(N3CCC[C@@H]3C(=O)NCCc3ccco3)nc(C)c2c1. The summed E-state index contributed by atoms with van der Waals surface area (Å²) in [4.78, 5) is 24.2. The average Bonchev–Trinajstić information content (AvgIpc) is 3.40. The van der Waals surface area contributed by atoms with Gasteiger partial charge in [-0.15, -0.1) is 0 Å². The van der Waals surface area contributed by atoms with Crippen molar-refractivity contribution in [2.24, 2.45) is 0 Å². The number of furan rings is 1. The van der Waals surface area contributed by atoms with E-state index in [1.807, 2.05) is 49.1 Å². The van der Waals surface area contributed by atoms with Crippen LogP contribution in [0.5, 0.6) is 5.75 Å². The smallest absolute Gasteiger partial charge is 0.242 e. The van der Waals surface area contributed by atoms with Gasteiger partial charge in [-0.05, 0) is 57.0 Å². The second-order valence-corrected chi connectivity index (χ2v) is 7.19. The monoisotopic (exact) mass is 394 g/mol. The van der Waals surface area contributed by atoms with E-state index in [4.69, 9.17) is 19.1 Å². The largest absolute Gasteiger partial charge is 0.494 e. The van der Waals surface area contributed by atoms with Crippen molar-refractivity contribution in [3.05, 3.63) is 48.0 Å². The first-order valence-corrected chi connectivity index (χ1v) is 10.1. The molecular weight excluding hydrogens is 368 g/mol. The van der Waals surface area contributed by atoms with E-state index in [1.54, 1.807) is 6.26 Å². The number of ether oxygens (including phenoxy) is 1. The molecule has 1 aromatic carbocycles. The number of benzene rings is 1. The van der Waals surface area contributed by atoms with E-state index in [0.717, 1.165) is 47.5 Å². The molecule has 0 unspecified atom stereocenters. The van der Waals surface area contributed by atoms with Crippen molar-refractivity contribution in [3.63, 3.8) is 0 Å². The van der Waals surface area contributed by atoms with E-state index in [-0.39, 0.29) is 11.9 Å². The van der Waals surface area contributed by atoms with E-state index in [9.17, 15) is 4.79 Å². The third-order valence-corrected chi connectivity index (χ3v) is 5.22. The number of hydrogen-bond acceptors (Lipinski definition) is 6. The molecule has 1 atom stereocenters. The van der Waals surface area contributed by atoms with Crippen LogP contribution in [0, 0.1) is 6.92 Å². The lowest BCUT2D eigenvalue weighted by atomic mass is 10.2. The van der Waals surface area contributed by atoms with Gasteiger partial charge in [0, 0.05) is 24.9 Å². The van der Waals surface area contributed by atoms with Gasteiger partial charge >= 0.3 is 0 Å². The summed E-state index contributed by atoms with van der Waals surface area (Å²) in [5.74, 6) is 2.31. The van der Waals surface area contributed by atoms with Crippen LogP contribution in [0.2, 0.25) is 0 Å². The molecule has 3 heterocycles. The van der Waals surface area contributed by atoms with Gasteiger partial charge in [-0.1, -0.05) is 0 Å². The molecule has 7 nitrogen and oxygen atoms in total. The first-order valence-electron chi connectivity index (χ1n) is 10.1. The van der Waals surface area contributed by atoms with Gasteiger partial charge in [-0.3, -0.25) is 4.79 Å². The Bertz CT molecular complexity index is 987. The van der Waals surface area contributed by atoms with Crippen molar-refractivity contribution < 1.29 is 13.9 Å². The summed E-state index contributed by atoms with van der Waals surface area (Å²) in [6.45, 7) is 5.88. The van der Waals surface area contributed by atoms with E-state index in [0.29, 0.717) is 25.5 Å². The Morgan fingerprint density at radius 2 is 2.24 bits per heavy atom. The highest BCUT2D eigenvalue weighted by molar-refractivity contribution is 5.87. The lowest BCUT2D eigenvalue weighted by molar-refractivity contribution is -0.122. The first-order chi connectivity index (χ1) is 14.2. The van der Waals surface area contributed by atoms with Gasteiger partial charge in [-0.2, -0.15) is 0 Å². The van der Waals surface area contributed by atoms with Crippen LogP contribution in [0.25, 0.3) is 10.9 Å². The molecule has 0 radical (unpaired) electrons. The molecule has 0 aliphatic carbocycles. The molecule has 0 bridgehead atoms. The van der Waals surface area contributed by atoms with Crippen molar-refractivity contribution >= 4 is 22.8 Å². The van der Waals surface area contributed by atoms with Gasteiger partial charge in [0.2, 0.25) is 11.9 Å². The lowest BCUT2D eigenvalue weighted by Crippen LogP contribution is -2.44. The topological polar surface area (TPSA) is 80.5 Å². The number of aromatic nitrogens is 2. The van der Waals surface area contributed by atoms with E-state index >= 15 is 0 Å². The minimum Gasteiger partial charge on any atom is -0.494 e. The predicted molar refractivity (Wildman–Crippen MR) is 111 cm³/mol. The maximum atomic E-state index is 12.8. The molecule has 1 fully saturated rings. The number of carbonyl (C=O) groups excluding carboxylic acids is 1. The normalized spacial score (nSPS) is 16.3. The Kier molecular flexibility index (Phi) is 5.64. The van der Waals surface area contributed by atoms with Gasteiger partial charge in [0.05, 0.1) is 24.1 Å². The maximum Gasteiger partial charge on any atom is 0.242 e. The van der Waals surface area contributed by atoms with Crippen LogP contribution in [0.4, 0.5) is 5.95 Å². The zero-order chi connectivity index (χ0) is 20.2. The number of fused-ring (bicyclic) bond motifs is 1. The lowest BCUT2D eigenvalue weighted by Gasteiger charge is -2.24. The molecule has 0 spiro atoms. The molecule has 1 aliphatic rings. The minimum atomic E-state index is -0.244. The number of nitrogens with zero attached hydrogens (tertiary/aromatic N) is 3. The molecule has 2 aromatic heterocycles. The summed E-state index contributed by atoms with van der Waals surface area (Å²) in [6, 6.07) is 9.37. The molecule has 29 heavy (non-hydrogen) atoms. The Labute approximate surface area is 170 Å². The highest BCUT2D eigenvalue weighted by Crippen LogP contribution is 2.27. The van der Waals surface area contributed by atoms with Crippen LogP contribution in [0.15, 0.2) is 41.0 Å². The molecule has 0 saturated carbocycles. The van der Waals surface area contributed by atoms with Crippen LogP contribution in [0.3, 0.4) is 0 Å². The van der Waals surface area contributed by atoms with Crippen molar-refractivity contribution in [3.8, 4) is 5.75 Å². The standard InChI is InChI=1S/C22H26N4O3/c1-3-28-17-8-9-19-18(14-17)15(2)24-22(25-19)26-12-4-7-20(26)21(27)23-11-10-16-6-5-13-29-16/h5-6,8-9,13-14,20H,3-4,7,10-12H2,1-2H3,(H,23,27)/t20-/m1/s1. The number of rotatable bonds is 7. The van der Waals surface area contributed by atoms with Crippen molar-refractivity contribution in [2.75, 3.05) is 24.6 Å². The summed E-state index contributed by atoms with van der Waals surface area (Å²) < 4.78 is 10.9. The molecule has 7 heteroatoms. The van der Waals surface area contributed by atoms with Crippen molar-refractivity contribution in [2.45, 2.75) is 39.2 Å². The number of nitrogens with one attached hydrogen (secondary N) is 1. The number of hydrogen-bond donors (Lipinski definition) is 1. The van der Waals surface area contributed by atoms with E-state index in [1.165, 1.54) is 0 Å². The Morgan fingerprint density at radius 1 is 1.34 bits per heavy atom. The van der Waals surface area contributed by atoms with Crippen LogP contribution >= 0.6 is 0 Å². The highest BCUT2D eigenvalue weighted by atomic mass is 16.5. The van der Waals surface area contributed by atoms with Crippen LogP contribution in [-0.4, -0.2) is 41.6 Å². The predicted octanol–water partition coefficient (Wildman–Crippen LogP) is 3.26. The Balaban J connectivity index is 1.49. The summed E-state index contributed by atoms with van der Waals surface area (Å²) in [7, 11) is 0. The van der Waals surface area contributed by atoms with Crippen molar-refractivity contribution in [1.82, 2.24) is 15.3 Å². The highest BCUT2D eigenvalue weighted by Gasteiger charge is 2.32. The van der Waals surface area contributed by atoms with Gasteiger partial charge in [-0.25, -0.2) is 9.97 Å². The Hall–Kier alpha value is -3.09. The summed E-state index contributed by atoms with van der Waals surface area (Å²) >= 11 is 0. The molecule has 4 rings (SSSR count). The van der Waals surface area contributed by atoms with E-state index in [2.05, 4.69) is 5.32 Å². The third kappa shape index (κ3) is 4.18. The summed E-state index contributed by atoms with van der Waals surface area (Å²) in [6.07, 6.45) is 4.07. The molecule has 3 aromatic rings. The number of aryl methyl sites for hydroxylation is 1. The number of amides is 1. The van der Waals surface area contributed by atoms with Crippen LogP contribution in [-0.2, 0) is 11.2 Å². The molecule has 152 valence electrons. The second-order valence-electron chi connectivity index (χ2n) is 7.19. The molecule has 1 amide bonds. The summed E-state index contributed by atoms with van der Waals surface area (Å²) in [5.41, 5.74) is 1.75. The Morgan fingerprint density at radius 3 is 3.03 bits per heavy atom. The second kappa shape index (κ2) is 8.51. The van der Waals surface area contributed by atoms with Gasteiger partial charge in [0.15, 0.2) is 0 Å². The van der Waals surface area contributed by atoms with Gasteiger partial charge in [0.1, 0.15) is 17.6 Å². The number of carbonyl (C=O) groups is 1. The van der Waals surface area contributed by atoms with Gasteiger partial charge < -0.3 is 19.4 Å². The fourth-order valence-corrected chi connectivity index (χ4v) is 3.79. The molecular formula is C22H26N4O3. The zero-order valence-corrected chi connectivity index (χ0v) is 16.9. The molecule has 1 saturated heterocycles. The minimum absolute atomic E-state index is 0.0158. The summed E-state index contributed by atoms with van der Waals surface area (Å²) in [5, 5.41) is 3.99. The third-order valence-electron chi connectivity index (χ3n) is 5.22. The van der Waals surface area contributed by atoms with Crippen molar-refractivity contribution in [1.29, 1.82) is 0 Å².